The Balaban J connectivity index is 2.62. The first-order valence-corrected chi connectivity index (χ1v) is 6.39. The summed E-state index contributed by atoms with van der Waals surface area (Å²) < 4.78 is 12.9. The fourth-order valence-electron chi connectivity index (χ4n) is 1.43. The fraction of sp³-hybridized carbons (Fsp3) is 0.385. The van der Waals surface area contributed by atoms with Crippen LogP contribution in [0.15, 0.2) is 18.2 Å². The quantitative estimate of drug-likeness (QED) is 0.782. The van der Waals surface area contributed by atoms with Crippen molar-refractivity contribution in [2.45, 2.75) is 32.4 Å². The van der Waals surface area contributed by atoms with Crippen LogP contribution in [0.4, 0.5) is 9.18 Å². The zero-order chi connectivity index (χ0) is 15.3. The highest BCUT2D eigenvalue weighted by molar-refractivity contribution is 6.31. The minimum Gasteiger partial charge on any atom is -0.480 e. The lowest BCUT2D eigenvalue weighted by atomic mass is 10.00. The van der Waals surface area contributed by atoms with E-state index < -0.39 is 23.4 Å². The first-order valence-electron chi connectivity index (χ1n) is 6.02. The zero-order valence-electron chi connectivity index (χ0n) is 11.2. The number of nitrogens with one attached hydrogen (secondary N) is 2. The van der Waals surface area contributed by atoms with Gasteiger partial charge in [-0.3, -0.25) is 0 Å². The van der Waals surface area contributed by atoms with Crippen LogP contribution in [0.5, 0.6) is 0 Å². The molecule has 7 heteroatoms. The molecule has 0 bridgehead atoms. The molecule has 0 aliphatic heterocycles. The molecule has 20 heavy (non-hydrogen) atoms. The molecule has 1 aromatic carbocycles. The van der Waals surface area contributed by atoms with Crippen LogP contribution >= 0.6 is 11.6 Å². The van der Waals surface area contributed by atoms with Gasteiger partial charge in [-0.05, 0) is 31.0 Å². The van der Waals surface area contributed by atoms with Crippen LogP contribution in [-0.2, 0) is 11.3 Å². The van der Waals surface area contributed by atoms with Crippen molar-refractivity contribution in [3.05, 3.63) is 34.6 Å². The van der Waals surface area contributed by atoms with Crippen LogP contribution in [0.25, 0.3) is 0 Å². The van der Waals surface area contributed by atoms with Gasteiger partial charge in [0, 0.05) is 11.6 Å². The van der Waals surface area contributed by atoms with Gasteiger partial charge >= 0.3 is 12.0 Å². The van der Waals surface area contributed by atoms with Crippen LogP contribution in [0.1, 0.15) is 25.8 Å². The number of benzene rings is 1. The van der Waals surface area contributed by atoms with E-state index in [0.29, 0.717) is 5.56 Å². The number of halogens is 2. The number of carbonyl (C=O) groups excluding carboxylic acids is 1. The van der Waals surface area contributed by atoms with Crippen LogP contribution in [0.2, 0.25) is 5.02 Å². The molecule has 0 radical (unpaired) electrons. The average molecular weight is 303 g/mol. The molecule has 2 amide bonds. The Hall–Kier alpha value is -1.82. The molecule has 0 aliphatic carbocycles. The SMILES string of the molecule is CCC(C)(NC(=O)NCc1ccc(F)cc1Cl)C(=O)O. The summed E-state index contributed by atoms with van der Waals surface area (Å²) in [4.78, 5) is 22.7. The molecule has 1 unspecified atom stereocenters. The Morgan fingerprint density at radius 3 is 2.60 bits per heavy atom. The summed E-state index contributed by atoms with van der Waals surface area (Å²) in [5.74, 6) is -1.58. The molecule has 0 spiro atoms. The minimum absolute atomic E-state index is 0.0738. The van der Waals surface area contributed by atoms with Gasteiger partial charge in [0.25, 0.3) is 0 Å². The molecule has 0 aliphatic rings. The van der Waals surface area contributed by atoms with E-state index in [2.05, 4.69) is 10.6 Å². The van der Waals surface area contributed by atoms with Gasteiger partial charge in [0.05, 0.1) is 0 Å². The van der Waals surface area contributed by atoms with Crippen molar-refractivity contribution in [3.8, 4) is 0 Å². The van der Waals surface area contributed by atoms with Gasteiger partial charge in [0.2, 0.25) is 0 Å². The van der Waals surface area contributed by atoms with E-state index in [1.165, 1.54) is 19.1 Å². The molecule has 0 saturated heterocycles. The maximum absolute atomic E-state index is 12.9. The van der Waals surface area contributed by atoms with E-state index in [-0.39, 0.29) is 18.0 Å². The lowest BCUT2D eigenvalue weighted by Crippen LogP contribution is -2.54. The van der Waals surface area contributed by atoms with E-state index in [1.54, 1.807) is 6.92 Å². The molecule has 1 aromatic rings. The molecule has 0 aromatic heterocycles. The fourth-order valence-corrected chi connectivity index (χ4v) is 1.66. The minimum atomic E-state index is -1.34. The number of carboxylic acids is 1. The van der Waals surface area contributed by atoms with Gasteiger partial charge in [-0.2, -0.15) is 0 Å². The predicted octanol–water partition coefficient (Wildman–Crippen LogP) is 2.53. The molecule has 110 valence electrons. The lowest BCUT2D eigenvalue weighted by molar-refractivity contribution is -0.143. The van der Waals surface area contributed by atoms with E-state index in [0.717, 1.165) is 6.07 Å². The smallest absolute Gasteiger partial charge is 0.329 e. The molecule has 1 rings (SSSR count). The monoisotopic (exact) mass is 302 g/mol. The number of hydrogen-bond acceptors (Lipinski definition) is 2. The van der Waals surface area contributed by atoms with Gasteiger partial charge < -0.3 is 15.7 Å². The molecule has 3 N–H and O–H groups in total. The van der Waals surface area contributed by atoms with Crippen LogP contribution in [0, 0.1) is 5.82 Å². The third-order valence-electron chi connectivity index (χ3n) is 3.02. The standard InChI is InChI=1S/C13H16ClFN2O3/c1-3-13(2,11(18)19)17-12(20)16-7-8-4-5-9(15)6-10(8)14/h4-6H,3,7H2,1-2H3,(H,18,19)(H2,16,17,20). The van der Waals surface area contributed by atoms with Crippen molar-refractivity contribution in [1.82, 2.24) is 10.6 Å². The largest absolute Gasteiger partial charge is 0.480 e. The number of aliphatic carboxylic acids is 1. The molecule has 1 atom stereocenters. The van der Waals surface area contributed by atoms with Crippen LogP contribution < -0.4 is 10.6 Å². The van der Waals surface area contributed by atoms with Gasteiger partial charge in [-0.15, -0.1) is 0 Å². The number of amides is 2. The van der Waals surface area contributed by atoms with Crippen LogP contribution in [-0.4, -0.2) is 22.6 Å². The highest BCUT2D eigenvalue weighted by atomic mass is 35.5. The Bertz CT molecular complexity index is 524. The molecule has 5 nitrogen and oxygen atoms in total. The van der Waals surface area contributed by atoms with E-state index in [9.17, 15) is 14.0 Å². The van der Waals surface area contributed by atoms with Gasteiger partial charge in [0.1, 0.15) is 11.4 Å². The number of urea groups is 1. The molecular formula is C13H16ClFN2O3. The first-order chi connectivity index (χ1) is 9.28. The average Bonchev–Trinajstić information content (AvgIpc) is 2.37. The highest BCUT2D eigenvalue weighted by Crippen LogP contribution is 2.17. The van der Waals surface area contributed by atoms with Crippen molar-refractivity contribution < 1.29 is 19.1 Å². The highest BCUT2D eigenvalue weighted by Gasteiger charge is 2.32. The second-order valence-corrected chi connectivity index (χ2v) is 4.94. The van der Waals surface area contributed by atoms with Gasteiger partial charge in [0.15, 0.2) is 0 Å². The second kappa shape index (κ2) is 6.56. The maximum Gasteiger partial charge on any atom is 0.329 e. The molecule has 0 fully saturated rings. The number of rotatable bonds is 5. The van der Waals surface area contributed by atoms with Crippen LogP contribution in [0.3, 0.4) is 0 Å². The van der Waals surface area contributed by atoms with Crippen molar-refractivity contribution in [1.29, 1.82) is 0 Å². The summed E-state index contributed by atoms with van der Waals surface area (Å²) in [5.41, 5.74) is -0.798. The summed E-state index contributed by atoms with van der Waals surface area (Å²) >= 11 is 5.82. The molecular weight excluding hydrogens is 287 g/mol. The Labute approximate surface area is 121 Å². The van der Waals surface area contributed by atoms with Crippen molar-refractivity contribution in [3.63, 3.8) is 0 Å². The maximum atomic E-state index is 12.9. The van der Waals surface area contributed by atoms with E-state index in [4.69, 9.17) is 16.7 Å². The van der Waals surface area contributed by atoms with Crippen molar-refractivity contribution in [2.75, 3.05) is 0 Å². The number of carboxylic acid groups (broad SMARTS) is 1. The number of hydrogen-bond donors (Lipinski definition) is 3. The third-order valence-corrected chi connectivity index (χ3v) is 3.37. The van der Waals surface area contributed by atoms with E-state index in [1.807, 2.05) is 0 Å². The predicted molar refractivity (Wildman–Crippen MR) is 73.1 cm³/mol. The Morgan fingerprint density at radius 1 is 1.45 bits per heavy atom. The molecule has 0 saturated carbocycles. The Morgan fingerprint density at radius 2 is 2.10 bits per heavy atom. The first kappa shape index (κ1) is 16.2. The topological polar surface area (TPSA) is 78.4 Å². The van der Waals surface area contributed by atoms with Crippen molar-refractivity contribution >= 4 is 23.6 Å². The lowest BCUT2D eigenvalue weighted by Gasteiger charge is -2.24. The summed E-state index contributed by atoms with van der Waals surface area (Å²) in [7, 11) is 0. The number of carbonyl (C=O) groups is 2. The summed E-state index contributed by atoms with van der Waals surface area (Å²) in [5, 5.41) is 14.1. The van der Waals surface area contributed by atoms with Gasteiger partial charge in [-0.1, -0.05) is 24.6 Å². The van der Waals surface area contributed by atoms with E-state index >= 15 is 0 Å². The summed E-state index contributed by atoms with van der Waals surface area (Å²) in [6, 6.07) is 3.20. The molecule has 0 heterocycles. The van der Waals surface area contributed by atoms with Crippen molar-refractivity contribution in [2.24, 2.45) is 0 Å². The third kappa shape index (κ3) is 4.09. The normalized spacial score (nSPS) is 13.4. The summed E-state index contributed by atoms with van der Waals surface area (Å²) in [6.07, 6.45) is 0.243. The summed E-state index contributed by atoms with van der Waals surface area (Å²) in [6.45, 7) is 3.15. The zero-order valence-corrected chi connectivity index (χ0v) is 11.9. The second-order valence-electron chi connectivity index (χ2n) is 4.53. The Kier molecular flexibility index (Phi) is 5.33. The van der Waals surface area contributed by atoms with Gasteiger partial charge in [-0.25, -0.2) is 14.0 Å².